The molecule has 0 aliphatic carbocycles. The second kappa shape index (κ2) is 7.65. The Labute approximate surface area is 101 Å². The first-order chi connectivity index (χ1) is 8.27. The summed E-state index contributed by atoms with van der Waals surface area (Å²) in [6.45, 7) is 1.27. The molecule has 0 saturated heterocycles. The van der Waals surface area contributed by atoms with Crippen LogP contribution in [-0.4, -0.2) is 32.8 Å². The van der Waals surface area contributed by atoms with Crippen LogP contribution in [0, 0.1) is 0 Å². The maximum atomic E-state index is 11.4. The topological polar surface area (TPSA) is 73.6 Å². The van der Waals surface area contributed by atoms with Crippen molar-refractivity contribution >= 4 is 5.91 Å². The summed E-state index contributed by atoms with van der Waals surface area (Å²) in [6.07, 6.45) is 0. The van der Waals surface area contributed by atoms with Crippen molar-refractivity contribution in [3.05, 3.63) is 29.8 Å². The van der Waals surface area contributed by atoms with E-state index in [0.717, 1.165) is 11.3 Å². The fraction of sp³-hybridized carbons (Fsp3) is 0.417. The number of carbonyl (C=O) groups is 1. The lowest BCUT2D eigenvalue weighted by Gasteiger charge is -2.09. The number of para-hydroxylation sites is 1. The summed E-state index contributed by atoms with van der Waals surface area (Å²) in [4.78, 5) is 11.4. The van der Waals surface area contributed by atoms with E-state index < -0.39 is 0 Å². The molecule has 0 aliphatic rings. The van der Waals surface area contributed by atoms with Gasteiger partial charge in [0.15, 0.2) is 0 Å². The summed E-state index contributed by atoms with van der Waals surface area (Å²) < 4.78 is 10.2. The average molecular weight is 238 g/mol. The molecule has 0 atom stereocenters. The van der Waals surface area contributed by atoms with Crippen molar-refractivity contribution < 1.29 is 14.3 Å². The van der Waals surface area contributed by atoms with Crippen molar-refractivity contribution in [1.29, 1.82) is 0 Å². The zero-order valence-electron chi connectivity index (χ0n) is 9.94. The van der Waals surface area contributed by atoms with E-state index in [1.165, 1.54) is 0 Å². The predicted octanol–water partition coefficient (Wildman–Crippen LogP) is 0.287. The first-order valence-corrected chi connectivity index (χ1v) is 5.44. The molecule has 1 aromatic rings. The Kier molecular flexibility index (Phi) is 6.06. The highest BCUT2D eigenvalue weighted by Gasteiger charge is 2.04. The van der Waals surface area contributed by atoms with Crippen LogP contribution in [0.2, 0.25) is 0 Å². The SMILES string of the molecule is COc1ccccc1CNC(=O)COCCN. The van der Waals surface area contributed by atoms with Gasteiger partial charge in [-0.15, -0.1) is 0 Å². The summed E-state index contributed by atoms with van der Waals surface area (Å²) in [5, 5.41) is 2.75. The normalized spacial score (nSPS) is 10.0. The van der Waals surface area contributed by atoms with Crippen molar-refractivity contribution in [2.45, 2.75) is 6.54 Å². The zero-order valence-corrected chi connectivity index (χ0v) is 9.94. The Morgan fingerprint density at radius 2 is 2.18 bits per heavy atom. The highest BCUT2D eigenvalue weighted by atomic mass is 16.5. The molecule has 1 amide bonds. The van der Waals surface area contributed by atoms with Gasteiger partial charge in [0.05, 0.1) is 13.7 Å². The van der Waals surface area contributed by atoms with E-state index in [1.54, 1.807) is 7.11 Å². The minimum absolute atomic E-state index is 0.0341. The smallest absolute Gasteiger partial charge is 0.246 e. The van der Waals surface area contributed by atoms with Crippen LogP contribution >= 0.6 is 0 Å². The van der Waals surface area contributed by atoms with Gasteiger partial charge in [0.1, 0.15) is 12.4 Å². The van der Waals surface area contributed by atoms with Crippen LogP contribution in [0.15, 0.2) is 24.3 Å². The Morgan fingerprint density at radius 1 is 1.41 bits per heavy atom. The van der Waals surface area contributed by atoms with Crippen molar-refractivity contribution in [2.24, 2.45) is 5.73 Å². The van der Waals surface area contributed by atoms with Gasteiger partial charge >= 0.3 is 0 Å². The van der Waals surface area contributed by atoms with Gasteiger partial charge in [-0.3, -0.25) is 4.79 Å². The second-order valence-electron chi connectivity index (χ2n) is 3.43. The molecule has 0 spiro atoms. The molecule has 0 aromatic heterocycles. The van der Waals surface area contributed by atoms with Crippen LogP contribution < -0.4 is 15.8 Å². The molecule has 3 N–H and O–H groups in total. The van der Waals surface area contributed by atoms with Crippen LogP contribution in [-0.2, 0) is 16.1 Å². The average Bonchev–Trinajstić information content (AvgIpc) is 2.37. The van der Waals surface area contributed by atoms with Crippen LogP contribution in [0.25, 0.3) is 0 Å². The molecule has 0 fully saturated rings. The number of ether oxygens (including phenoxy) is 2. The summed E-state index contributed by atoms with van der Waals surface area (Å²) in [5.74, 6) is 0.597. The highest BCUT2D eigenvalue weighted by molar-refractivity contribution is 5.77. The summed E-state index contributed by atoms with van der Waals surface area (Å²) >= 11 is 0. The third-order valence-corrected chi connectivity index (χ3v) is 2.16. The van der Waals surface area contributed by atoms with Crippen LogP contribution in [0.4, 0.5) is 0 Å². The lowest BCUT2D eigenvalue weighted by molar-refractivity contribution is -0.125. The molecule has 1 aromatic carbocycles. The molecule has 5 nitrogen and oxygen atoms in total. The summed E-state index contributed by atoms with van der Waals surface area (Å²) in [5.41, 5.74) is 6.18. The van der Waals surface area contributed by atoms with E-state index in [2.05, 4.69) is 5.32 Å². The first-order valence-electron chi connectivity index (χ1n) is 5.44. The number of nitrogens with two attached hydrogens (primary N) is 1. The molecule has 0 heterocycles. The Balaban J connectivity index is 2.36. The third-order valence-electron chi connectivity index (χ3n) is 2.16. The minimum Gasteiger partial charge on any atom is -0.496 e. The van der Waals surface area contributed by atoms with Gasteiger partial charge in [0.2, 0.25) is 5.91 Å². The van der Waals surface area contributed by atoms with Gasteiger partial charge in [0, 0.05) is 18.7 Å². The van der Waals surface area contributed by atoms with E-state index in [0.29, 0.717) is 19.7 Å². The molecule has 94 valence electrons. The van der Waals surface area contributed by atoms with E-state index in [-0.39, 0.29) is 12.5 Å². The van der Waals surface area contributed by atoms with E-state index in [4.69, 9.17) is 15.2 Å². The summed E-state index contributed by atoms with van der Waals surface area (Å²) in [7, 11) is 1.60. The molecule has 0 unspecified atom stereocenters. The van der Waals surface area contributed by atoms with Gasteiger partial charge < -0.3 is 20.5 Å². The first kappa shape index (κ1) is 13.5. The standard InChI is InChI=1S/C12H18N2O3/c1-16-11-5-3-2-4-10(11)8-14-12(15)9-17-7-6-13/h2-5H,6-9,13H2,1H3,(H,14,15). The summed E-state index contributed by atoms with van der Waals surface area (Å²) in [6, 6.07) is 7.54. The molecule has 0 saturated carbocycles. The maximum Gasteiger partial charge on any atom is 0.246 e. The van der Waals surface area contributed by atoms with Crippen LogP contribution in [0.1, 0.15) is 5.56 Å². The van der Waals surface area contributed by atoms with Crippen molar-refractivity contribution in [3.63, 3.8) is 0 Å². The number of carbonyl (C=O) groups excluding carboxylic acids is 1. The van der Waals surface area contributed by atoms with Gasteiger partial charge in [-0.2, -0.15) is 0 Å². The molecule has 0 bridgehead atoms. The fourth-order valence-corrected chi connectivity index (χ4v) is 1.34. The molecular formula is C12H18N2O3. The number of hydrogen-bond acceptors (Lipinski definition) is 4. The van der Waals surface area contributed by atoms with Crippen LogP contribution in [0.3, 0.4) is 0 Å². The number of methoxy groups -OCH3 is 1. The monoisotopic (exact) mass is 238 g/mol. The quantitative estimate of drug-likeness (QED) is 0.669. The minimum atomic E-state index is -0.163. The predicted molar refractivity (Wildman–Crippen MR) is 64.7 cm³/mol. The van der Waals surface area contributed by atoms with Crippen molar-refractivity contribution in [1.82, 2.24) is 5.32 Å². The Hall–Kier alpha value is -1.59. The second-order valence-corrected chi connectivity index (χ2v) is 3.43. The molecular weight excluding hydrogens is 220 g/mol. The number of benzene rings is 1. The Morgan fingerprint density at radius 3 is 2.88 bits per heavy atom. The molecule has 17 heavy (non-hydrogen) atoms. The lowest BCUT2D eigenvalue weighted by Crippen LogP contribution is -2.28. The molecule has 0 aliphatic heterocycles. The van der Waals surface area contributed by atoms with Crippen LogP contribution in [0.5, 0.6) is 5.75 Å². The van der Waals surface area contributed by atoms with E-state index >= 15 is 0 Å². The zero-order chi connectivity index (χ0) is 12.5. The van der Waals surface area contributed by atoms with Gasteiger partial charge in [-0.25, -0.2) is 0 Å². The van der Waals surface area contributed by atoms with Gasteiger partial charge in [-0.05, 0) is 6.07 Å². The third kappa shape index (κ3) is 4.84. The fourth-order valence-electron chi connectivity index (χ4n) is 1.34. The van der Waals surface area contributed by atoms with Crippen molar-refractivity contribution in [2.75, 3.05) is 26.9 Å². The van der Waals surface area contributed by atoms with E-state index in [1.807, 2.05) is 24.3 Å². The highest BCUT2D eigenvalue weighted by Crippen LogP contribution is 2.16. The van der Waals surface area contributed by atoms with Gasteiger partial charge in [-0.1, -0.05) is 18.2 Å². The molecule has 1 rings (SSSR count). The molecule has 0 radical (unpaired) electrons. The molecule has 5 heteroatoms. The Bertz CT molecular complexity index is 355. The number of amides is 1. The van der Waals surface area contributed by atoms with E-state index in [9.17, 15) is 4.79 Å². The number of hydrogen-bond donors (Lipinski definition) is 2. The maximum absolute atomic E-state index is 11.4. The lowest BCUT2D eigenvalue weighted by atomic mass is 10.2. The number of nitrogens with one attached hydrogen (secondary N) is 1. The largest absolute Gasteiger partial charge is 0.496 e. The van der Waals surface area contributed by atoms with Gasteiger partial charge in [0.25, 0.3) is 0 Å². The number of rotatable bonds is 7. The van der Waals surface area contributed by atoms with Crippen molar-refractivity contribution in [3.8, 4) is 5.75 Å².